The number of aromatic nitrogens is 1. The second-order valence-electron chi connectivity index (χ2n) is 7.38. The minimum atomic E-state index is -4.29. The summed E-state index contributed by atoms with van der Waals surface area (Å²) in [4.78, 5) is 4.96. The van der Waals surface area contributed by atoms with Crippen LogP contribution in [0, 0.1) is 17.7 Å². The number of sulfonamides is 1. The van der Waals surface area contributed by atoms with Crippen molar-refractivity contribution in [2.45, 2.75) is 30.1 Å². The van der Waals surface area contributed by atoms with E-state index in [0.717, 1.165) is 37.9 Å². The summed E-state index contributed by atoms with van der Waals surface area (Å²) in [6, 6.07) is 5.96. The van der Waals surface area contributed by atoms with E-state index in [-0.39, 0.29) is 16.8 Å². The Morgan fingerprint density at radius 2 is 1.96 bits per heavy atom. The minimum Gasteiger partial charge on any atom is -0.309 e. The van der Waals surface area contributed by atoms with Crippen molar-refractivity contribution in [2.24, 2.45) is 5.92 Å². The van der Waals surface area contributed by atoms with Gasteiger partial charge in [-0.05, 0) is 81.6 Å². The maximum Gasteiger partial charge on any atom is 0.266 e. The molecule has 1 aliphatic carbocycles. The van der Waals surface area contributed by atoms with Gasteiger partial charge in [-0.1, -0.05) is 17.7 Å². The monoisotopic (exact) mass is 429 g/mol. The lowest BCUT2D eigenvalue weighted by Gasteiger charge is -2.37. The number of anilines is 1. The highest BCUT2D eigenvalue weighted by Gasteiger charge is 2.33. The summed E-state index contributed by atoms with van der Waals surface area (Å²) in [5.74, 6) is -1.27. The first-order valence-corrected chi connectivity index (χ1v) is 10.8. The van der Waals surface area contributed by atoms with Crippen molar-refractivity contribution in [2.75, 3.05) is 25.4 Å². The molecule has 152 valence electrons. The Morgan fingerprint density at radius 1 is 1.25 bits per heavy atom. The number of hydrogen-bond donors (Lipinski definition) is 1. The third-order valence-corrected chi connectivity index (χ3v) is 6.65. The van der Waals surface area contributed by atoms with Gasteiger partial charge in [0.2, 0.25) is 5.95 Å². The predicted molar refractivity (Wildman–Crippen MR) is 105 cm³/mol. The van der Waals surface area contributed by atoms with Crippen LogP contribution in [0.4, 0.5) is 14.6 Å². The molecule has 1 N–H and O–H groups in total. The topological polar surface area (TPSA) is 62.3 Å². The van der Waals surface area contributed by atoms with Crippen LogP contribution < -0.4 is 4.72 Å². The van der Waals surface area contributed by atoms with Crippen molar-refractivity contribution < 1.29 is 17.2 Å². The summed E-state index contributed by atoms with van der Waals surface area (Å²) >= 11 is 6.28. The van der Waals surface area contributed by atoms with Crippen LogP contribution in [0.2, 0.25) is 5.02 Å². The van der Waals surface area contributed by atoms with E-state index in [1.165, 1.54) is 18.2 Å². The highest BCUT2D eigenvalue weighted by Crippen LogP contribution is 2.46. The van der Waals surface area contributed by atoms with Gasteiger partial charge in [0.1, 0.15) is 16.5 Å². The van der Waals surface area contributed by atoms with E-state index >= 15 is 0 Å². The van der Waals surface area contributed by atoms with Crippen molar-refractivity contribution in [3.8, 4) is 0 Å². The molecule has 3 rings (SSSR count). The molecule has 0 aliphatic heterocycles. The maximum absolute atomic E-state index is 14.6. The van der Waals surface area contributed by atoms with E-state index in [2.05, 4.69) is 14.6 Å². The van der Waals surface area contributed by atoms with Gasteiger partial charge in [-0.2, -0.15) is 4.39 Å². The fraction of sp³-hybridized carbons (Fsp3) is 0.421. The summed E-state index contributed by atoms with van der Waals surface area (Å²) in [6.07, 6.45) is 2.88. The first-order valence-electron chi connectivity index (χ1n) is 8.95. The zero-order chi connectivity index (χ0) is 20.5. The highest BCUT2D eigenvalue weighted by atomic mass is 35.5. The number of hydrogen-bond acceptors (Lipinski definition) is 4. The van der Waals surface area contributed by atoms with Crippen molar-refractivity contribution in [1.29, 1.82) is 0 Å². The van der Waals surface area contributed by atoms with Gasteiger partial charge >= 0.3 is 0 Å². The van der Waals surface area contributed by atoms with Crippen molar-refractivity contribution in [3.05, 3.63) is 52.7 Å². The van der Waals surface area contributed by atoms with Gasteiger partial charge < -0.3 is 4.90 Å². The van der Waals surface area contributed by atoms with E-state index in [0.29, 0.717) is 11.5 Å². The van der Waals surface area contributed by atoms with E-state index < -0.39 is 26.7 Å². The molecule has 0 bridgehead atoms. The normalized spacial score (nSPS) is 19.5. The molecule has 9 heteroatoms. The van der Waals surface area contributed by atoms with E-state index in [9.17, 15) is 17.2 Å². The Labute approximate surface area is 168 Å². The number of pyridine rings is 1. The second kappa shape index (κ2) is 8.31. The van der Waals surface area contributed by atoms with Gasteiger partial charge in [0, 0.05) is 5.02 Å². The van der Waals surface area contributed by atoms with Gasteiger partial charge in [-0.25, -0.2) is 17.8 Å². The fourth-order valence-corrected chi connectivity index (χ4v) is 4.86. The number of nitrogens with one attached hydrogen (secondary N) is 1. The van der Waals surface area contributed by atoms with Gasteiger partial charge in [-0.15, -0.1) is 0 Å². The van der Waals surface area contributed by atoms with Crippen LogP contribution in [-0.4, -0.2) is 38.9 Å². The summed E-state index contributed by atoms with van der Waals surface area (Å²) in [6.45, 7) is 0.996. The largest absolute Gasteiger partial charge is 0.309 e. The summed E-state index contributed by atoms with van der Waals surface area (Å²) in [7, 11) is -0.242. The lowest BCUT2D eigenvalue weighted by molar-refractivity contribution is 0.222. The number of nitrogens with zero attached hydrogens (tertiary/aromatic N) is 2. The Morgan fingerprint density at radius 3 is 2.61 bits per heavy atom. The van der Waals surface area contributed by atoms with Crippen molar-refractivity contribution >= 4 is 27.4 Å². The lowest BCUT2D eigenvalue weighted by Crippen LogP contribution is -2.26. The zero-order valence-electron chi connectivity index (χ0n) is 15.6. The van der Waals surface area contributed by atoms with Crippen LogP contribution in [0.15, 0.2) is 35.2 Å². The summed E-state index contributed by atoms with van der Waals surface area (Å²) in [5, 5.41) is 0.213. The summed E-state index contributed by atoms with van der Waals surface area (Å²) < 4.78 is 54.8. The SMILES string of the molecule is CN(C)CCC1CC(c2cc(F)c(S(=O)(=O)Nc3cccc(F)n3)cc2Cl)C1. The van der Waals surface area contributed by atoms with Gasteiger partial charge in [0.25, 0.3) is 10.0 Å². The van der Waals surface area contributed by atoms with E-state index in [1.54, 1.807) is 0 Å². The smallest absolute Gasteiger partial charge is 0.266 e. The first kappa shape index (κ1) is 21.0. The molecule has 28 heavy (non-hydrogen) atoms. The molecule has 1 heterocycles. The van der Waals surface area contributed by atoms with Crippen molar-refractivity contribution in [1.82, 2.24) is 9.88 Å². The predicted octanol–water partition coefficient (Wildman–Crippen LogP) is 4.26. The molecule has 1 aromatic heterocycles. The molecule has 1 fully saturated rings. The highest BCUT2D eigenvalue weighted by molar-refractivity contribution is 7.92. The van der Waals surface area contributed by atoms with Gasteiger partial charge in [0.15, 0.2) is 0 Å². The number of halogens is 3. The quantitative estimate of drug-likeness (QED) is 0.668. The molecule has 0 unspecified atom stereocenters. The zero-order valence-corrected chi connectivity index (χ0v) is 17.2. The van der Waals surface area contributed by atoms with Crippen LogP contribution in [-0.2, 0) is 10.0 Å². The maximum atomic E-state index is 14.6. The Hall–Kier alpha value is -1.77. The molecule has 0 saturated heterocycles. The molecular weight excluding hydrogens is 408 g/mol. The molecule has 1 aliphatic rings. The Bertz CT molecular complexity index is 964. The second-order valence-corrected chi connectivity index (χ2v) is 9.44. The van der Waals surface area contributed by atoms with Crippen LogP contribution in [0.1, 0.15) is 30.7 Å². The van der Waals surface area contributed by atoms with Gasteiger partial charge in [0.05, 0.1) is 0 Å². The Balaban J connectivity index is 1.75. The summed E-state index contributed by atoms with van der Waals surface area (Å²) in [5.41, 5.74) is 0.628. The van der Waals surface area contributed by atoms with Crippen molar-refractivity contribution in [3.63, 3.8) is 0 Å². The molecule has 5 nitrogen and oxygen atoms in total. The van der Waals surface area contributed by atoms with E-state index in [1.807, 2.05) is 14.1 Å². The van der Waals surface area contributed by atoms with Crippen LogP contribution in [0.25, 0.3) is 0 Å². The van der Waals surface area contributed by atoms with Crippen LogP contribution in [0.3, 0.4) is 0 Å². The third kappa shape index (κ3) is 4.79. The molecule has 0 atom stereocenters. The molecule has 1 aromatic carbocycles. The molecule has 0 amide bonds. The average Bonchev–Trinajstić information content (AvgIpc) is 2.55. The number of benzene rings is 1. The Kier molecular flexibility index (Phi) is 6.21. The minimum absolute atomic E-state index is 0.128. The average molecular weight is 430 g/mol. The first-order chi connectivity index (χ1) is 13.2. The molecular formula is C19H22ClF2N3O2S. The van der Waals surface area contributed by atoms with Gasteiger partial charge in [-0.3, -0.25) is 4.72 Å². The standard InChI is InChI=1S/C19H22ClF2N3O2S/c1-25(2)7-6-12-8-13(9-12)14-10-16(21)17(11-15(14)20)28(26,27)24-19-5-3-4-18(22)23-19/h3-5,10-13H,6-9H2,1-2H3,(H,23,24). The molecule has 2 aromatic rings. The fourth-order valence-electron chi connectivity index (χ4n) is 3.39. The molecule has 0 radical (unpaired) electrons. The molecule has 1 saturated carbocycles. The van der Waals surface area contributed by atoms with Crippen LogP contribution >= 0.6 is 11.6 Å². The number of rotatable bonds is 7. The third-order valence-electron chi connectivity index (χ3n) is 4.95. The van der Waals surface area contributed by atoms with E-state index in [4.69, 9.17) is 11.6 Å². The van der Waals surface area contributed by atoms with Crippen LogP contribution in [0.5, 0.6) is 0 Å². The molecule has 0 spiro atoms. The lowest BCUT2D eigenvalue weighted by atomic mass is 9.70.